The summed E-state index contributed by atoms with van der Waals surface area (Å²) in [5.74, 6) is -0.857. The van der Waals surface area contributed by atoms with Crippen molar-refractivity contribution in [2.75, 3.05) is 26.2 Å². The zero-order valence-corrected chi connectivity index (χ0v) is 24.0. The van der Waals surface area contributed by atoms with Crippen LogP contribution >= 0.6 is 0 Å². The quantitative estimate of drug-likeness (QED) is 0.340. The summed E-state index contributed by atoms with van der Waals surface area (Å²) in [4.78, 5) is 17.3. The predicted molar refractivity (Wildman–Crippen MR) is 147 cm³/mol. The Labute approximate surface area is 241 Å². The second-order valence-corrected chi connectivity index (χ2v) is 13.3. The number of nitrogens with one attached hydrogen (secondary N) is 2. The van der Waals surface area contributed by atoms with Crippen molar-refractivity contribution in [3.8, 4) is 5.75 Å². The molecule has 1 fully saturated rings. The molecule has 2 aromatic carbocycles. The number of piperidine rings is 1. The maximum atomic E-state index is 13.0. The van der Waals surface area contributed by atoms with Crippen molar-refractivity contribution in [1.29, 1.82) is 0 Å². The van der Waals surface area contributed by atoms with Crippen LogP contribution in [0.4, 0.5) is 13.2 Å². The Morgan fingerprint density at radius 1 is 1.14 bits per heavy atom. The molecule has 0 bridgehead atoms. The Hall–Kier alpha value is -3.31. The summed E-state index contributed by atoms with van der Waals surface area (Å²) in [7, 11) is -7.69. The summed E-state index contributed by atoms with van der Waals surface area (Å²) >= 11 is 0. The van der Waals surface area contributed by atoms with Crippen LogP contribution < -0.4 is 14.8 Å². The van der Waals surface area contributed by atoms with Gasteiger partial charge in [-0.15, -0.1) is 13.2 Å². The molecule has 1 spiro atoms. The van der Waals surface area contributed by atoms with Gasteiger partial charge in [-0.05, 0) is 67.7 Å². The smallest absolute Gasteiger partial charge is 0.406 e. The van der Waals surface area contributed by atoms with Crippen LogP contribution in [0.2, 0.25) is 0 Å². The first-order valence-electron chi connectivity index (χ1n) is 12.8. The zero-order valence-electron chi connectivity index (χ0n) is 22.4. The van der Waals surface area contributed by atoms with Gasteiger partial charge in [-0.25, -0.2) is 21.6 Å². The number of hydrogen-bond acceptors (Lipinski definition) is 8. The first-order chi connectivity index (χ1) is 19.6. The molecule has 0 aliphatic carbocycles. The van der Waals surface area contributed by atoms with E-state index in [1.807, 2.05) is 0 Å². The summed E-state index contributed by atoms with van der Waals surface area (Å²) in [6, 6.07) is 9.29. The van der Waals surface area contributed by atoms with Gasteiger partial charge in [-0.2, -0.15) is 4.31 Å². The lowest BCUT2D eigenvalue weighted by molar-refractivity contribution is -0.274. The summed E-state index contributed by atoms with van der Waals surface area (Å²) in [6.45, 7) is 1.52. The molecule has 0 saturated carbocycles. The van der Waals surface area contributed by atoms with E-state index in [9.17, 15) is 34.8 Å². The summed E-state index contributed by atoms with van der Waals surface area (Å²) in [6.07, 6.45) is -3.14. The highest BCUT2D eigenvalue weighted by molar-refractivity contribution is 7.92. The number of amides is 1. The van der Waals surface area contributed by atoms with Gasteiger partial charge < -0.3 is 15.2 Å². The van der Waals surface area contributed by atoms with Gasteiger partial charge in [0.1, 0.15) is 17.1 Å². The number of aliphatic hydroxyl groups excluding tert-OH is 1. The number of benzene rings is 2. The highest BCUT2D eigenvalue weighted by atomic mass is 32.2. The fourth-order valence-electron chi connectivity index (χ4n) is 4.56. The van der Waals surface area contributed by atoms with Gasteiger partial charge in [-0.3, -0.25) is 9.79 Å². The monoisotopic (exact) mass is 630 g/mol. The molecule has 0 unspecified atom stereocenters. The van der Waals surface area contributed by atoms with E-state index in [0.29, 0.717) is 11.1 Å². The van der Waals surface area contributed by atoms with Crippen LogP contribution in [0.15, 0.2) is 57.8 Å². The van der Waals surface area contributed by atoms with Gasteiger partial charge in [0.2, 0.25) is 20.0 Å². The highest BCUT2D eigenvalue weighted by Gasteiger charge is 2.47. The van der Waals surface area contributed by atoms with E-state index in [1.54, 1.807) is 6.92 Å². The number of sulfonamides is 2. The van der Waals surface area contributed by atoms with Crippen LogP contribution in [0.25, 0.3) is 6.08 Å². The van der Waals surface area contributed by atoms with E-state index in [2.05, 4.69) is 19.8 Å². The third-order valence-electron chi connectivity index (χ3n) is 6.83. The van der Waals surface area contributed by atoms with E-state index in [-0.39, 0.29) is 61.8 Å². The maximum Gasteiger partial charge on any atom is 0.573 e. The van der Waals surface area contributed by atoms with Crippen LogP contribution in [0.1, 0.15) is 36.0 Å². The minimum atomic E-state index is -4.88. The molecule has 42 heavy (non-hydrogen) atoms. The normalized spacial score (nSPS) is 17.9. The number of rotatable bonds is 10. The average Bonchev–Trinajstić information content (AvgIpc) is 3.22. The van der Waals surface area contributed by atoms with Crippen molar-refractivity contribution in [2.45, 2.75) is 43.0 Å². The first kappa shape index (κ1) is 31.6. The first-order valence-corrected chi connectivity index (χ1v) is 15.8. The van der Waals surface area contributed by atoms with Gasteiger partial charge in [-0.1, -0.05) is 18.2 Å². The van der Waals surface area contributed by atoms with Crippen molar-refractivity contribution < 1.29 is 44.6 Å². The fraction of sp³-hybridized carbons (Fsp3) is 0.385. The van der Waals surface area contributed by atoms with E-state index in [1.165, 1.54) is 40.7 Å². The molecule has 2 aromatic rings. The third-order valence-corrected chi connectivity index (χ3v) is 9.85. The van der Waals surface area contributed by atoms with Gasteiger partial charge in [0, 0.05) is 37.2 Å². The van der Waals surface area contributed by atoms with Gasteiger partial charge >= 0.3 is 6.36 Å². The molecule has 2 aliphatic heterocycles. The number of ether oxygens (including phenoxy) is 1. The van der Waals surface area contributed by atoms with E-state index >= 15 is 0 Å². The van der Waals surface area contributed by atoms with E-state index in [0.717, 1.165) is 17.5 Å². The van der Waals surface area contributed by atoms with E-state index in [4.69, 9.17) is 5.11 Å². The van der Waals surface area contributed by atoms with Gasteiger partial charge in [0.25, 0.3) is 5.91 Å². The molecule has 0 atom stereocenters. The predicted octanol–water partition coefficient (Wildman–Crippen LogP) is 2.27. The number of nitrogens with zero attached hydrogens (tertiary/aromatic N) is 2. The van der Waals surface area contributed by atoms with Crippen molar-refractivity contribution >= 4 is 37.9 Å². The lowest BCUT2D eigenvalue weighted by Crippen LogP contribution is -2.50. The molecule has 4 rings (SSSR count). The topological polar surface area (TPSA) is 154 Å². The zero-order chi connectivity index (χ0) is 30.8. The second-order valence-electron chi connectivity index (χ2n) is 9.76. The molecule has 1 amide bonds. The lowest BCUT2D eigenvalue weighted by Gasteiger charge is -2.34. The number of hydrogen-bond donors (Lipinski definition) is 3. The Bertz CT molecular complexity index is 1620. The molecule has 0 radical (unpaired) electrons. The van der Waals surface area contributed by atoms with Gasteiger partial charge in [0.05, 0.1) is 4.90 Å². The van der Waals surface area contributed by atoms with E-state index < -0.39 is 43.6 Å². The second kappa shape index (κ2) is 12.1. The van der Waals surface area contributed by atoms with Crippen molar-refractivity contribution in [3.05, 3.63) is 64.6 Å². The lowest BCUT2D eigenvalue weighted by atomic mass is 9.89. The molecule has 2 heterocycles. The third kappa shape index (κ3) is 7.36. The molecule has 228 valence electrons. The molecule has 3 N–H and O–H groups in total. The summed E-state index contributed by atoms with van der Waals surface area (Å²) < 4.78 is 96.2. The number of carbonyl (C=O) groups is 1. The van der Waals surface area contributed by atoms with Crippen LogP contribution in [-0.2, 0) is 24.8 Å². The van der Waals surface area contributed by atoms with Crippen LogP contribution in [-0.4, -0.2) is 76.1 Å². The van der Waals surface area contributed by atoms with Gasteiger partial charge in [0.15, 0.2) is 0 Å². The standard InChI is InChI=1S/C26H29F3N4O7S2/c1-18-16-22(42(38,39)30-11-3-14-34)7-6-19(18)8-15-41(36,37)33-12-9-25(10-13-33)24(35)31-23(32-25)20-4-2-5-21(17-20)40-26(27,28)29/h2,4-8,15-17,30,34H,3,9-14H2,1H3,(H,31,32,35). The van der Waals surface area contributed by atoms with Crippen LogP contribution in [0.5, 0.6) is 5.75 Å². The summed E-state index contributed by atoms with van der Waals surface area (Å²) in [5, 5.41) is 12.4. The number of amidine groups is 1. The Kier molecular flexibility index (Phi) is 9.13. The minimum absolute atomic E-state index is 0.00800. The highest BCUT2D eigenvalue weighted by Crippen LogP contribution is 2.33. The van der Waals surface area contributed by atoms with Crippen molar-refractivity contribution in [1.82, 2.24) is 14.3 Å². The number of halogens is 3. The SMILES string of the molecule is Cc1cc(S(=O)(=O)NCCCO)ccc1C=CS(=O)(=O)N1CCC2(CC1)N=C(c1cccc(OC(F)(F)F)c1)NC2=O. The molecular weight excluding hydrogens is 601 g/mol. The minimum Gasteiger partial charge on any atom is -0.406 e. The molecular formula is C26H29F3N4O7S2. The molecule has 11 nitrogen and oxygen atoms in total. The largest absolute Gasteiger partial charge is 0.573 e. The van der Waals surface area contributed by atoms with Crippen molar-refractivity contribution in [3.63, 3.8) is 0 Å². The van der Waals surface area contributed by atoms with Crippen LogP contribution in [0, 0.1) is 6.92 Å². The number of carbonyl (C=O) groups excluding carboxylic acids is 1. The average molecular weight is 631 g/mol. The van der Waals surface area contributed by atoms with Crippen LogP contribution in [0.3, 0.4) is 0 Å². The molecule has 16 heteroatoms. The molecule has 1 saturated heterocycles. The number of aliphatic imine (C=N–C) groups is 1. The molecule has 0 aromatic heterocycles. The Balaban J connectivity index is 1.43. The fourth-order valence-corrected chi connectivity index (χ4v) is 6.90. The Morgan fingerprint density at radius 2 is 1.86 bits per heavy atom. The Morgan fingerprint density at radius 3 is 2.50 bits per heavy atom. The number of aryl methyl sites for hydroxylation is 1. The number of aliphatic hydroxyl groups is 1. The number of alkyl halides is 3. The molecule has 2 aliphatic rings. The van der Waals surface area contributed by atoms with Crippen molar-refractivity contribution in [2.24, 2.45) is 4.99 Å². The summed E-state index contributed by atoms with van der Waals surface area (Å²) in [5.41, 5.74) is -0.0226. The maximum absolute atomic E-state index is 13.0.